The average Bonchev–Trinajstić information content (AvgIpc) is 3.01. The Morgan fingerprint density at radius 1 is 1.50 bits per heavy atom. The average molecular weight is 331 g/mol. The van der Waals surface area contributed by atoms with Crippen molar-refractivity contribution in [1.82, 2.24) is 14.9 Å². The van der Waals surface area contributed by atoms with Crippen LogP contribution in [0.25, 0.3) is 0 Å². The maximum atomic E-state index is 10.7. The van der Waals surface area contributed by atoms with E-state index in [0.29, 0.717) is 25.5 Å². The van der Waals surface area contributed by atoms with Gasteiger partial charge < -0.3 is 19.6 Å². The van der Waals surface area contributed by atoms with Gasteiger partial charge in [0.1, 0.15) is 11.6 Å². The molecule has 1 aromatic heterocycles. The number of ether oxygens (including phenoxy) is 2. The van der Waals surface area contributed by atoms with Crippen LogP contribution in [-0.2, 0) is 16.1 Å². The fourth-order valence-corrected chi connectivity index (χ4v) is 2.81. The molecule has 1 aromatic carbocycles. The van der Waals surface area contributed by atoms with E-state index in [0.717, 1.165) is 23.6 Å². The Balaban J connectivity index is 1.77. The van der Waals surface area contributed by atoms with Crippen LogP contribution in [0.3, 0.4) is 0 Å². The highest BCUT2D eigenvalue weighted by Gasteiger charge is 2.27. The zero-order valence-electron chi connectivity index (χ0n) is 13.6. The van der Waals surface area contributed by atoms with E-state index in [4.69, 9.17) is 14.6 Å². The second-order valence-corrected chi connectivity index (χ2v) is 5.80. The number of aliphatic carboxylic acids is 1. The number of para-hydroxylation sites is 1. The number of carbonyl (C=O) groups is 1. The van der Waals surface area contributed by atoms with E-state index in [-0.39, 0.29) is 12.6 Å². The van der Waals surface area contributed by atoms with Crippen LogP contribution in [0.15, 0.2) is 30.5 Å². The number of nitrogens with zero attached hydrogens (tertiary/aromatic N) is 2. The highest BCUT2D eigenvalue weighted by Crippen LogP contribution is 2.27. The van der Waals surface area contributed by atoms with Gasteiger partial charge in [-0.15, -0.1) is 0 Å². The Bertz CT molecular complexity index is 701. The molecule has 0 aliphatic carbocycles. The molecule has 1 aliphatic rings. The standard InChI is InChI=1S/C17H21N3O4/c1-12-8-18-17(19-12)14-10-23-7-6-20(14)9-13-4-2-3-5-15(13)24-11-16(21)22/h2-5,8,14H,6-7,9-11H2,1H3,(H,18,19)(H,21,22)/t14-/m0/s1. The lowest BCUT2D eigenvalue weighted by Crippen LogP contribution is -2.39. The quantitative estimate of drug-likeness (QED) is 0.838. The minimum absolute atomic E-state index is 0.0416. The molecule has 1 fully saturated rings. The number of aromatic amines is 1. The molecule has 0 amide bonds. The van der Waals surface area contributed by atoms with E-state index < -0.39 is 5.97 Å². The van der Waals surface area contributed by atoms with Crippen LogP contribution in [0, 0.1) is 6.92 Å². The van der Waals surface area contributed by atoms with Crippen molar-refractivity contribution in [3.05, 3.63) is 47.5 Å². The summed E-state index contributed by atoms with van der Waals surface area (Å²) < 4.78 is 11.0. The number of aryl methyl sites for hydroxylation is 1. The molecule has 0 unspecified atom stereocenters. The van der Waals surface area contributed by atoms with Crippen LogP contribution in [0.2, 0.25) is 0 Å². The summed E-state index contributed by atoms with van der Waals surface area (Å²) in [5.41, 5.74) is 1.97. The van der Waals surface area contributed by atoms with Gasteiger partial charge in [-0.05, 0) is 13.0 Å². The van der Waals surface area contributed by atoms with E-state index in [1.165, 1.54) is 0 Å². The Hall–Kier alpha value is -2.38. The van der Waals surface area contributed by atoms with Crippen molar-refractivity contribution >= 4 is 5.97 Å². The highest BCUT2D eigenvalue weighted by atomic mass is 16.5. The Labute approximate surface area is 140 Å². The third-order valence-electron chi connectivity index (χ3n) is 3.97. The third kappa shape index (κ3) is 3.93. The Morgan fingerprint density at radius 3 is 3.08 bits per heavy atom. The van der Waals surface area contributed by atoms with Crippen molar-refractivity contribution in [2.24, 2.45) is 0 Å². The second-order valence-electron chi connectivity index (χ2n) is 5.80. The maximum Gasteiger partial charge on any atom is 0.341 e. The van der Waals surface area contributed by atoms with Gasteiger partial charge in [0.25, 0.3) is 0 Å². The molecule has 2 aromatic rings. The number of carboxylic acid groups (broad SMARTS) is 1. The first kappa shape index (κ1) is 16.5. The van der Waals surface area contributed by atoms with Gasteiger partial charge in [-0.2, -0.15) is 0 Å². The Morgan fingerprint density at radius 2 is 2.33 bits per heavy atom. The first-order chi connectivity index (χ1) is 11.6. The normalized spacial score (nSPS) is 18.5. The molecule has 1 atom stereocenters. The molecule has 1 saturated heterocycles. The molecule has 0 bridgehead atoms. The Kier molecular flexibility index (Phi) is 5.12. The van der Waals surface area contributed by atoms with Gasteiger partial charge in [-0.3, -0.25) is 4.90 Å². The number of imidazole rings is 1. The van der Waals surface area contributed by atoms with Crippen LogP contribution in [0.1, 0.15) is 23.1 Å². The van der Waals surface area contributed by atoms with Crippen molar-refractivity contribution in [2.75, 3.05) is 26.4 Å². The van der Waals surface area contributed by atoms with E-state index in [2.05, 4.69) is 14.9 Å². The van der Waals surface area contributed by atoms with Gasteiger partial charge >= 0.3 is 5.97 Å². The molecule has 2 N–H and O–H groups in total. The summed E-state index contributed by atoms with van der Waals surface area (Å²) in [7, 11) is 0. The van der Waals surface area contributed by atoms with Crippen LogP contribution in [0.5, 0.6) is 5.75 Å². The van der Waals surface area contributed by atoms with Crippen LogP contribution in [0.4, 0.5) is 0 Å². The number of morpholine rings is 1. The zero-order chi connectivity index (χ0) is 16.9. The van der Waals surface area contributed by atoms with Crippen molar-refractivity contribution < 1.29 is 19.4 Å². The number of H-pyrrole nitrogens is 1. The number of carboxylic acids is 1. The van der Waals surface area contributed by atoms with Gasteiger partial charge in [0.05, 0.1) is 19.3 Å². The number of nitrogens with one attached hydrogen (secondary N) is 1. The first-order valence-corrected chi connectivity index (χ1v) is 7.89. The molecular formula is C17H21N3O4. The summed E-state index contributed by atoms with van der Waals surface area (Å²) in [6.45, 7) is 4.28. The molecular weight excluding hydrogens is 310 g/mol. The molecule has 7 nitrogen and oxygen atoms in total. The number of hydrogen-bond donors (Lipinski definition) is 2. The minimum Gasteiger partial charge on any atom is -0.482 e. The minimum atomic E-state index is -0.986. The number of aromatic nitrogens is 2. The molecule has 0 radical (unpaired) electrons. The molecule has 1 aliphatic heterocycles. The molecule has 7 heteroatoms. The number of hydrogen-bond acceptors (Lipinski definition) is 5. The lowest BCUT2D eigenvalue weighted by Gasteiger charge is -2.34. The van der Waals surface area contributed by atoms with E-state index in [1.54, 1.807) is 6.07 Å². The monoisotopic (exact) mass is 331 g/mol. The SMILES string of the molecule is Cc1cnc([C@@H]2COCCN2Cc2ccccc2OCC(=O)O)[nH]1. The smallest absolute Gasteiger partial charge is 0.341 e. The lowest BCUT2D eigenvalue weighted by atomic mass is 10.1. The maximum absolute atomic E-state index is 10.7. The van der Waals surface area contributed by atoms with Crippen molar-refractivity contribution in [1.29, 1.82) is 0 Å². The zero-order valence-corrected chi connectivity index (χ0v) is 13.6. The molecule has 0 spiro atoms. The third-order valence-corrected chi connectivity index (χ3v) is 3.97. The summed E-state index contributed by atoms with van der Waals surface area (Å²) in [5, 5.41) is 8.82. The summed E-state index contributed by atoms with van der Waals surface area (Å²) in [4.78, 5) is 20.7. The van der Waals surface area contributed by atoms with Crippen molar-refractivity contribution in [2.45, 2.75) is 19.5 Å². The fourth-order valence-electron chi connectivity index (χ4n) is 2.81. The highest BCUT2D eigenvalue weighted by molar-refractivity contribution is 5.68. The molecule has 0 saturated carbocycles. The van der Waals surface area contributed by atoms with E-state index >= 15 is 0 Å². The lowest BCUT2D eigenvalue weighted by molar-refractivity contribution is -0.139. The van der Waals surface area contributed by atoms with Gasteiger partial charge in [-0.25, -0.2) is 9.78 Å². The van der Waals surface area contributed by atoms with Gasteiger partial charge in [0.15, 0.2) is 6.61 Å². The van der Waals surface area contributed by atoms with E-state index in [9.17, 15) is 4.79 Å². The summed E-state index contributed by atoms with van der Waals surface area (Å²) in [5.74, 6) is 0.497. The fraction of sp³-hybridized carbons (Fsp3) is 0.412. The van der Waals surface area contributed by atoms with Gasteiger partial charge in [-0.1, -0.05) is 18.2 Å². The van der Waals surface area contributed by atoms with E-state index in [1.807, 2.05) is 31.3 Å². The number of benzene rings is 1. The predicted molar refractivity (Wildman–Crippen MR) is 86.9 cm³/mol. The van der Waals surface area contributed by atoms with Crippen molar-refractivity contribution in [3.63, 3.8) is 0 Å². The molecule has 3 rings (SSSR count). The predicted octanol–water partition coefficient (Wildman–Crippen LogP) is 1.76. The molecule has 2 heterocycles. The van der Waals surface area contributed by atoms with Gasteiger partial charge in [0.2, 0.25) is 0 Å². The molecule has 128 valence electrons. The van der Waals surface area contributed by atoms with Crippen LogP contribution in [-0.4, -0.2) is 52.3 Å². The largest absolute Gasteiger partial charge is 0.482 e. The first-order valence-electron chi connectivity index (χ1n) is 7.89. The van der Waals surface area contributed by atoms with Crippen LogP contribution >= 0.6 is 0 Å². The van der Waals surface area contributed by atoms with Crippen LogP contribution < -0.4 is 4.74 Å². The summed E-state index contributed by atoms with van der Waals surface area (Å²) in [6.07, 6.45) is 1.81. The van der Waals surface area contributed by atoms with Gasteiger partial charge in [0, 0.05) is 30.5 Å². The van der Waals surface area contributed by atoms with Crippen molar-refractivity contribution in [3.8, 4) is 5.75 Å². The summed E-state index contributed by atoms with van der Waals surface area (Å²) >= 11 is 0. The number of rotatable bonds is 6. The summed E-state index contributed by atoms with van der Waals surface area (Å²) in [6, 6.07) is 7.56. The molecule has 24 heavy (non-hydrogen) atoms. The topological polar surface area (TPSA) is 87.7 Å². The second kappa shape index (κ2) is 7.46.